The van der Waals surface area contributed by atoms with E-state index in [9.17, 15) is 8.42 Å². The Labute approximate surface area is 94.6 Å². The molecule has 0 radical (unpaired) electrons. The normalized spacial score (nSPS) is 13.8. The Bertz CT molecular complexity index is 411. The van der Waals surface area contributed by atoms with Gasteiger partial charge in [0.25, 0.3) is 0 Å². The molecule has 0 aromatic heterocycles. The van der Waals surface area contributed by atoms with Crippen molar-refractivity contribution >= 4 is 21.4 Å². The third-order valence-corrected chi connectivity index (χ3v) is 4.61. The Kier molecular flexibility index (Phi) is 4.13. The maximum atomic E-state index is 11.6. The van der Waals surface area contributed by atoms with Crippen LogP contribution in [0.25, 0.3) is 0 Å². The van der Waals surface area contributed by atoms with Gasteiger partial charge in [-0.1, -0.05) is 23.7 Å². The lowest BCUT2D eigenvalue weighted by molar-refractivity contribution is 0.319. The van der Waals surface area contributed by atoms with Gasteiger partial charge in [0.2, 0.25) is 0 Å². The van der Waals surface area contributed by atoms with E-state index in [4.69, 9.17) is 16.7 Å². The van der Waals surface area contributed by atoms with Gasteiger partial charge in [0, 0.05) is 5.02 Å². The molecule has 1 aromatic rings. The molecule has 15 heavy (non-hydrogen) atoms. The Morgan fingerprint density at radius 2 is 1.87 bits per heavy atom. The first-order valence-corrected chi connectivity index (χ1v) is 6.64. The summed E-state index contributed by atoms with van der Waals surface area (Å²) >= 11 is 5.70. The Morgan fingerprint density at radius 1 is 1.33 bits per heavy atom. The smallest absolute Gasteiger partial charge is 0.159 e. The van der Waals surface area contributed by atoms with Crippen molar-refractivity contribution in [2.75, 3.05) is 12.4 Å². The topological polar surface area (TPSA) is 54.4 Å². The quantitative estimate of drug-likeness (QED) is 0.884. The molecule has 84 valence electrons. The zero-order valence-corrected chi connectivity index (χ0v) is 9.92. The molecule has 0 aliphatic heterocycles. The molecule has 0 aliphatic carbocycles. The highest BCUT2D eigenvalue weighted by atomic mass is 35.5. The van der Waals surface area contributed by atoms with Crippen LogP contribution in [0.4, 0.5) is 0 Å². The summed E-state index contributed by atoms with van der Waals surface area (Å²) < 4.78 is 23.2. The van der Waals surface area contributed by atoms with Crippen molar-refractivity contribution in [3.05, 3.63) is 34.9 Å². The molecule has 1 aromatic carbocycles. The average Bonchev–Trinajstić information content (AvgIpc) is 2.18. The Morgan fingerprint density at radius 3 is 2.33 bits per heavy atom. The first kappa shape index (κ1) is 12.5. The number of hydrogen-bond donors (Lipinski definition) is 1. The molecule has 3 nitrogen and oxygen atoms in total. The van der Waals surface area contributed by atoms with Crippen molar-refractivity contribution in [2.24, 2.45) is 0 Å². The number of rotatable bonds is 4. The van der Waals surface area contributed by atoms with Gasteiger partial charge in [0.05, 0.1) is 17.6 Å². The fourth-order valence-electron chi connectivity index (χ4n) is 1.25. The minimum Gasteiger partial charge on any atom is -0.395 e. The predicted molar refractivity (Wildman–Crippen MR) is 60.7 cm³/mol. The molecular weight excluding hydrogens is 236 g/mol. The van der Waals surface area contributed by atoms with Gasteiger partial charge in [-0.15, -0.1) is 0 Å². The molecular formula is C10H13ClO3S. The van der Waals surface area contributed by atoms with Gasteiger partial charge >= 0.3 is 0 Å². The standard InChI is InChI=1S/C10H13ClO3S/c1-8(15(13,14)7-6-12)9-2-4-10(11)5-3-9/h2-5,8,12H,6-7H2,1H3/t8-/m1/s1. The van der Waals surface area contributed by atoms with E-state index < -0.39 is 15.1 Å². The minimum absolute atomic E-state index is 0.212. The Hall–Kier alpha value is -0.580. The summed E-state index contributed by atoms with van der Waals surface area (Å²) in [5, 5.41) is 8.61. The molecule has 0 bridgehead atoms. The molecule has 0 unspecified atom stereocenters. The number of aliphatic hydroxyl groups excluding tert-OH is 1. The van der Waals surface area contributed by atoms with Crippen molar-refractivity contribution in [2.45, 2.75) is 12.2 Å². The first-order chi connectivity index (χ1) is 6.97. The van der Waals surface area contributed by atoms with Crippen LogP contribution >= 0.6 is 11.6 Å². The molecule has 5 heteroatoms. The van der Waals surface area contributed by atoms with Gasteiger partial charge in [0.1, 0.15) is 0 Å². The van der Waals surface area contributed by atoms with Crippen molar-refractivity contribution in [1.29, 1.82) is 0 Å². The van der Waals surface area contributed by atoms with Crippen LogP contribution in [0.5, 0.6) is 0 Å². The molecule has 0 spiro atoms. The van der Waals surface area contributed by atoms with Crippen LogP contribution in [0.1, 0.15) is 17.7 Å². The van der Waals surface area contributed by atoms with E-state index in [-0.39, 0.29) is 12.4 Å². The molecule has 0 aliphatic rings. The van der Waals surface area contributed by atoms with Gasteiger partial charge in [-0.2, -0.15) is 0 Å². The SMILES string of the molecule is C[C@H](c1ccc(Cl)cc1)S(=O)(=O)CCO. The molecule has 1 rings (SSSR count). The van der Waals surface area contributed by atoms with Gasteiger partial charge in [0.15, 0.2) is 9.84 Å². The Balaban J connectivity index is 2.94. The van der Waals surface area contributed by atoms with E-state index in [0.717, 1.165) is 0 Å². The monoisotopic (exact) mass is 248 g/mol. The largest absolute Gasteiger partial charge is 0.395 e. The van der Waals surface area contributed by atoms with Crippen molar-refractivity contribution < 1.29 is 13.5 Å². The number of hydrogen-bond acceptors (Lipinski definition) is 3. The maximum absolute atomic E-state index is 11.6. The van der Waals surface area contributed by atoms with Crippen LogP contribution in [0.15, 0.2) is 24.3 Å². The van der Waals surface area contributed by atoms with Crippen LogP contribution in [0.3, 0.4) is 0 Å². The number of aliphatic hydroxyl groups is 1. The van der Waals surface area contributed by atoms with E-state index in [2.05, 4.69) is 0 Å². The third-order valence-electron chi connectivity index (χ3n) is 2.25. The van der Waals surface area contributed by atoms with Gasteiger partial charge in [-0.25, -0.2) is 8.42 Å². The van der Waals surface area contributed by atoms with Gasteiger partial charge in [-0.3, -0.25) is 0 Å². The fraction of sp³-hybridized carbons (Fsp3) is 0.400. The number of sulfone groups is 1. The highest BCUT2D eigenvalue weighted by molar-refractivity contribution is 7.91. The summed E-state index contributed by atoms with van der Waals surface area (Å²) in [5.41, 5.74) is 0.688. The third kappa shape index (κ3) is 3.19. The summed E-state index contributed by atoms with van der Waals surface area (Å²) in [6.07, 6.45) is 0. The lowest BCUT2D eigenvalue weighted by Gasteiger charge is -2.12. The number of benzene rings is 1. The second-order valence-corrected chi connectivity index (χ2v) is 6.16. The van der Waals surface area contributed by atoms with Crippen molar-refractivity contribution in [1.82, 2.24) is 0 Å². The molecule has 0 saturated carbocycles. The maximum Gasteiger partial charge on any atom is 0.159 e. The highest BCUT2D eigenvalue weighted by Crippen LogP contribution is 2.23. The molecule has 1 N–H and O–H groups in total. The van der Waals surface area contributed by atoms with Crippen LogP contribution in [0, 0.1) is 0 Å². The van der Waals surface area contributed by atoms with E-state index in [1.807, 2.05) is 0 Å². The average molecular weight is 249 g/mol. The molecule has 0 heterocycles. The van der Waals surface area contributed by atoms with E-state index in [0.29, 0.717) is 10.6 Å². The molecule has 0 saturated heterocycles. The zero-order valence-electron chi connectivity index (χ0n) is 8.35. The summed E-state index contributed by atoms with van der Waals surface area (Å²) in [7, 11) is -3.27. The van der Waals surface area contributed by atoms with Gasteiger partial charge < -0.3 is 5.11 Å². The molecule has 0 amide bonds. The second-order valence-electron chi connectivity index (χ2n) is 3.28. The predicted octanol–water partition coefficient (Wildman–Crippen LogP) is 1.81. The highest BCUT2D eigenvalue weighted by Gasteiger charge is 2.21. The fourth-order valence-corrected chi connectivity index (χ4v) is 2.55. The van der Waals surface area contributed by atoms with Crippen LogP contribution in [0.2, 0.25) is 5.02 Å². The lowest BCUT2D eigenvalue weighted by atomic mass is 10.2. The van der Waals surface area contributed by atoms with E-state index in [1.165, 1.54) is 0 Å². The van der Waals surface area contributed by atoms with Crippen LogP contribution in [-0.4, -0.2) is 25.9 Å². The minimum atomic E-state index is -3.27. The summed E-state index contributed by atoms with van der Waals surface area (Å²) in [6, 6.07) is 6.67. The van der Waals surface area contributed by atoms with Crippen LogP contribution < -0.4 is 0 Å². The summed E-state index contributed by atoms with van der Waals surface area (Å²) in [4.78, 5) is 0. The molecule has 0 fully saturated rings. The zero-order chi connectivity index (χ0) is 11.5. The number of halogens is 1. The van der Waals surface area contributed by atoms with Crippen LogP contribution in [-0.2, 0) is 9.84 Å². The second kappa shape index (κ2) is 4.96. The summed E-state index contributed by atoms with van der Waals surface area (Å²) in [5.74, 6) is -0.212. The molecule has 1 atom stereocenters. The summed E-state index contributed by atoms with van der Waals surface area (Å²) in [6.45, 7) is 1.26. The van der Waals surface area contributed by atoms with E-state index in [1.54, 1.807) is 31.2 Å². The van der Waals surface area contributed by atoms with Crippen molar-refractivity contribution in [3.8, 4) is 0 Å². The first-order valence-electron chi connectivity index (χ1n) is 4.55. The lowest BCUT2D eigenvalue weighted by Crippen LogP contribution is -2.16. The van der Waals surface area contributed by atoms with Crippen molar-refractivity contribution in [3.63, 3.8) is 0 Å². The van der Waals surface area contributed by atoms with E-state index >= 15 is 0 Å². The van der Waals surface area contributed by atoms with Gasteiger partial charge in [-0.05, 0) is 24.6 Å².